The van der Waals surface area contributed by atoms with Gasteiger partial charge in [-0.25, -0.2) is 9.78 Å². The van der Waals surface area contributed by atoms with Crippen molar-refractivity contribution in [1.82, 2.24) is 4.98 Å². The molecule has 3 aromatic rings. The van der Waals surface area contributed by atoms with Gasteiger partial charge in [0, 0.05) is 16.8 Å². The lowest BCUT2D eigenvalue weighted by molar-refractivity contribution is 0.0567. The molecule has 0 aliphatic rings. The molecule has 1 aromatic carbocycles. The van der Waals surface area contributed by atoms with Crippen molar-refractivity contribution in [2.24, 2.45) is 0 Å². The van der Waals surface area contributed by atoms with E-state index >= 15 is 0 Å². The fourth-order valence-electron chi connectivity index (χ4n) is 1.77. The Morgan fingerprint density at radius 3 is 3.05 bits per heavy atom. The highest BCUT2D eigenvalue weighted by Crippen LogP contribution is 2.25. The molecule has 5 nitrogen and oxygen atoms in total. The van der Waals surface area contributed by atoms with Gasteiger partial charge >= 0.3 is 5.97 Å². The van der Waals surface area contributed by atoms with Crippen molar-refractivity contribution < 1.29 is 18.7 Å². The summed E-state index contributed by atoms with van der Waals surface area (Å²) in [6.45, 7) is 0.402. The summed E-state index contributed by atoms with van der Waals surface area (Å²) >= 11 is 1.53. The van der Waals surface area contributed by atoms with Crippen molar-refractivity contribution in [1.29, 1.82) is 0 Å². The first-order valence-electron chi connectivity index (χ1n) is 5.88. The van der Waals surface area contributed by atoms with Crippen LogP contribution in [0.5, 0.6) is 5.75 Å². The van der Waals surface area contributed by atoms with E-state index in [0.717, 1.165) is 11.1 Å². The van der Waals surface area contributed by atoms with Gasteiger partial charge in [0.15, 0.2) is 0 Å². The zero-order valence-electron chi connectivity index (χ0n) is 10.7. The maximum Gasteiger partial charge on any atom is 0.373 e. The maximum absolute atomic E-state index is 11.4. The molecule has 0 amide bonds. The molecule has 0 saturated heterocycles. The molecule has 0 saturated carbocycles. The van der Waals surface area contributed by atoms with Gasteiger partial charge in [0.25, 0.3) is 0 Å². The summed E-state index contributed by atoms with van der Waals surface area (Å²) in [4.78, 5) is 15.5. The standard InChI is InChI=1S/C14H11NO4S/c1-17-14(16)13-4-9-2-3-11(5-12(9)19-13)18-6-10-7-20-8-15-10/h2-5,7-8H,6H2,1H3. The number of hydrogen-bond acceptors (Lipinski definition) is 6. The summed E-state index contributed by atoms with van der Waals surface area (Å²) in [6.07, 6.45) is 0. The van der Waals surface area contributed by atoms with Gasteiger partial charge in [0.05, 0.1) is 18.3 Å². The van der Waals surface area contributed by atoms with Gasteiger partial charge in [0.1, 0.15) is 17.9 Å². The Kier molecular flexibility index (Phi) is 3.39. The number of methoxy groups -OCH3 is 1. The zero-order valence-corrected chi connectivity index (χ0v) is 11.5. The summed E-state index contributed by atoms with van der Waals surface area (Å²) in [5.74, 6) is 0.349. The number of benzene rings is 1. The molecule has 102 valence electrons. The molecular weight excluding hydrogens is 278 g/mol. The van der Waals surface area contributed by atoms with Crippen molar-refractivity contribution in [3.05, 3.63) is 46.6 Å². The summed E-state index contributed by atoms with van der Waals surface area (Å²) in [5, 5.41) is 2.76. The number of fused-ring (bicyclic) bond motifs is 1. The van der Waals surface area contributed by atoms with Crippen LogP contribution in [-0.4, -0.2) is 18.1 Å². The average Bonchev–Trinajstić information content (AvgIpc) is 3.12. The molecule has 0 radical (unpaired) electrons. The number of aromatic nitrogens is 1. The first-order valence-corrected chi connectivity index (χ1v) is 6.82. The lowest BCUT2D eigenvalue weighted by Gasteiger charge is -2.03. The molecule has 0 bridgehead atoms. The number of thiazole rings is 1. The number of nitrogens with zero attached hydrogens (tertiary/aromatic N) is 1. The van der Waals surface area contributed by atoms with Crippen LogP contribution in [0.4, 0.5) is 0 Å². The van der Waals surface area contributed by atoms with Crippen molar-refractivity contribution in [3.63, 3.8) is 0 Å². The van der Waals surface area contributed by atoms with E-state index in [1.54, 1.807) is 17.6 Å². The van der Waals surface area contributed by atoms with E-state index < -0.39 is 5.97 Å². The monoisotopic (exact) mass is 289 g/mol. The van der Waals surface area contributed by atoms with Crippen molar-refractivity contribution in [2.75, 3.05) is 7.11 Å². The van der Waals surface area contributed by atoms with Crippen LogP contribution >= 0.6 is 11.3 Å². The second kappa shape index (κ2) is 5.34. The molecular formula is C14H11NO4S. The topological polar surface area (TPSA) is 61.6 Å². The Morgan fingerprint density at radius 2 is 2.30 bits per heavy atom. The molecule has 0 fully saturated rings. The third kappa shape index (κ3) is 2.50. The average molecular weight is 289 g/mol. The van der Waals surface area contributed by atoms with E-state index in [0.29, 0.717) is 17.9 Å². The molecule has 20 heavy (non-hydrogen) atoms. The summed E-state index contributed by atoms with van der Waals surface area (Å²) in [5.41, 5.74) is 3.22. The second-order valence-corrected chi connectivity index (χ2v) is 4.79. The smallest absolute Gasteiger partial charge is 0.373 e. The van der Waals surface area contributed by atoms with Gasteiger partial charge in [-0.05, 0) is 18.2 Å². The molecule has 0 aliphatic carbocycles. The summed E-state index contributed by atoms with van der Waals surface area (Å²) in [6, 6.07) is 7.05. The fraction of sp³-hybridized carbons (Fsp3) is 0.143. The number of esters is 1. The first-order chi connectivity index (χ1) is 9.76. The van der Waals surface area contributed by atoms with Crippen molar-refractivity contribution >= 4 is 28.3 Å². The van der Waals surface area contributed by atoms with E-state index in [1.165, 1.54) is 18.4 Å². The Bertz CT molecular complexity index is 733. The molecule has 3 rings (SSSR count). The zero-order chi connectivity index (χ0) is 13.9. The van der Waals surface area contributed by atoms with Gasteiger partial charge in [-0.15, -0.1) is 11.3 Å². The highest BCUT2D eigenvalue weighted by Gasteiger charge is 2.12. The van der Waals surface area contributed by atoms with Gasteiger partial charge < -0.3 is 13.9 Å². The Morgan fingerprint density at radius 1 is 1.40 bits per heavy atom. The van der Waals surface area contributed by atoms with E-state index in [2.05, 4.69) is 9.72 Å². The third-order valence-corrected chi connectivity index (χ3v) is 3.38. The van der Waals surface area contributed by atoms with Crippen molar-refractivity contribution in [2.45, 2.75) is 6.61 Å². The van der Waals surface area contributed by atoms with Crippen LogP contribution in [0, 0.1) is 0 Å². The second-order valence-electron chi connectivity index (χ2n) is 4.07. The number of ether oxygens (including phenoxy) is 2. The Hall–Kier alpha value is -2.34. The van der Waals surface area contributed by atoms with Crippen LogP contribution in [-0.2, 0) is 11.3 Å². The fourth-order valence-corrected chi connectivity index (χ4v) is 2.31. The van der Waals surface area contributed by atoms with E-state index in [1.807, 2.05) is 17.5 Å². The van der Waals surface area contributed by atoms with Gasteiger partial charge in [-0.1, -0.05) is 0 Å². The van der Waals surface area contributed by atoms with Crippen LogP contribution in [0.25, 0.3) is 11.0 Å². The van der Waals surface area contributed by atoms with Gasteiger partial charge in [0.2, 0.25) is 5.76 Å². The van der Waals surface area contributed by atoms with Crippen LogP contribution in [0.15, 0.2) is 39.6 Å². The normalized spacial score (nSPS) is 10.7. The molecule has 0 unspecified atom stereocenters. The van der Waals surface area contributed by atoms with E-state index in [9.17, 15) is 4.79 Å². The van der Waals surface area contributed by atoms with E-state index in [4.69, 9.17) is 9.15 Å². The van der Waals surface area contributed by atoms with Crippen molar-refractivity contribution in [3.8, 4) is 5.75 Å². The van der Waals surface area contributed by atoms with Crippen LogP contribution in [0.3, 0.4) is 0 Å². The largest absolute Gasteiger partial charge is 0.487 e. The van der Waals surface area contributed by atoms with Crippen LogP contribution in [0.1, 0.15) is 16.2 Å². The number of rotatable bonds is 4. The quantitative estimate of drug-likeness (QED) is 0.690. The molecule has 2 heterocycles. The number of carbonyl (C=O) groups is 1. The molecule has 6 heteroatoms. The molecule has 0 aliphatic heterocycles. The lowest BCUT2D eigenvalue weighted by atomic mass is 10.2. The highest BCUT2D eigenvalue weighted by atomic mass is 32.1. The number of carbonyl (C=O) groups excluding carboxylic acids is 1. The molecule has 2 aromatic heterocycles. The third-order valence-electron chi connectivity index (χ3n) is 2.75. The van der Waals surface area contributed by atoms with E-state index in [-0.39, 0.29) is 5.76 Å². The lowest BCUT2D eigenvalue weighted by Crippen LogP contribution is -1.97. The predicted molar refractivity (Wildman–Crippen MR) is 74.0 cm³/mol. The van der Waals surface area contributed by atoms with Crippen LogP contribution in [0.2, 0.25) is 0 Å². The Balaban J connectivity index is 1.81. The minimum absolute atomic E-state index is 0.180. The number of furan rings is 1. The minimum Gasteiger partial charge on any atom is -0.487 e. The first kappa shape index (κ1) is 12.7. The highest BCUT2D eigenvalue weighted by molar-refractivity contribution is 7.07. The summed E-state index contributed by atoms with van der Waals surface area (Å²) in [7, 11) is 1.32. The molecule has 0 atom stereocenters. The summed E-state index contributed by atoms with van der Waals surface area (Å²) < 4.78 is 15.7. The van der Waals surface area contributed by atoms with Crippen LogP contribution < -0.4 is 4.74 Å². The molecule has 0 spiro atoms. The van der Waals surface area contributed by atoms with Gasteiger partial charge in [-0.3, -0.25) is 0 Å². The minimum atomic E-state index is -0.494. The Labute approximate surface area is 118 Å². The molecule has 0 N–H and O–H groups in total. The SMILES string of the molecule is COC(=O)c1cc2ccc(OCc3cscn3)cc2o1. The maximum atomic E-state index is 11.4. The predicted octanol–water partition coefficient (Wildman–Crippen LogP) is 3.25. The number of hydrogen-bond donors (Lipinski definition) is 0. The van der Waals surface area contributed by atoms with Gasteiger partial charge in [-0.2, -0.15) is 0 Å².